The van der Waals surface area contributed by atoms with Gasteiger partial charge in [-0.15, -0.1) is 0 Å². The van der Waals surface area contributed by atoms with Gasteiger partial charge in [-0.05, 0) is 43.9 Å². The summed E-state index contributed by atoms with van der Waals surface area (Å²) in [5, 5.41) is 5.86. The van der Waals surface area contributed by atoms with Crippen LogP contribution in [-0.4, -0.2) is 25.6 Å². The van der Waals surface area contributed by atoms with E-state index in [1.165, 1.54) is 31.0 Å². The zero-order valence-electron chi connectivity index (χ0n) is 11.7. The molecular weight excluding hydrogens is 259 g/mol. The van der Waals surface area contributed by atoms with Gasteiger partial charge >= 0.3 is 0 Å². The number of hydrogen-bond donors (Lipinski definition) is 2. The predicted molar refractivity (Wildman–Crippen MR) is 76.4 cm³/mol. The van der Waals surface area contributed by atoms with E-state index in [1.54, 1.807) is 0 Å². The van der Waals surface area contributed by atoms with Crippen LogP contribution in [0.1, 0.15) is 26.2 Å². The molecule has 0 unspecified atom stereocenters. The van der Waals surface area contributed by atoms with Crippen LogP contribution < -0.4 is 15.4 Å². The predicted octanol–water partition coefficient (Wildman–Crippen LogP) is 2.55. The average Bonchev–Trinajstić information content (AvgIpc) is 3.23. The molecule has 20 heavy (non-hydrogen) atoms. The molecule has 2 N–H and O–H groups in total. The molecule has 2 rings (SSSR count). The maximum absolute atomic E-state index is 13.2. The summed E-state index contributed by atoms with van der Waals surface area (Å²) in [6.07, 6.45) is 3.33. The van der Waals surface area contributed by atoms with Gasteiger partial charge < -0.3 is 15.4 Å². The van der Waals surface area contributed by atoms with Gasteiger partial charge in [0.25, 0.3) is 0 Å². The Morgan fingerprint density at radius 2 is 2.25 bits per heavy atom. The van der Waals surface area contributed by atoms with E-state index < -0.39 is 0 Å². The molecule has 0 aliphatic heterocycles. The number of carbonyl (C=O) groups excluding carboxylic acids is 1. The summed E-state index contributed by atoms with van der Waals surface area (Å²) >= 11 is 0. The molecule has 1 aromatic rings. The van der Waals surface area contributed by atoms with E-state index in [4.69, 9.17) is 4.74 Å². The Morgan fingerprint density at radius 3 is 2.95 bits per heavy atom. The summed E-state index contributed by atoms with van der Waals surface area (Å²) in [6, 6.07) is 4.13. The molecule has 0 atom stereocenters. The number of rotatable bonds is 8. The maximum atomic E-state index is 13.2. The lowest BCUT2D eigenvalue weighted by Crippen LogP contribution is -2.29. The highest BCUT2D eigenvalue weighted by Crippen LogP contribution is 2.27. The Bertz CT molecular complexity index is 461. The van der Waals surface area contributed by atoms with E-state index in [-0.39, 0.29) is 18.3 Å². The molecule has 0 aromatic heterocycles. The zero-order chi connectivity index (χ0) is 14.4. The van der Waals surface area contributed by atoms with Crippen LogP contribution >= 0.6 is 0 Å². The van der Waals surface area contributed by atoms with Gasteiger partial charge in [-0.3, -0.25) is 4.79 Å². The number of carbonyl (C=O) groups is 1. The van der Waals surface area contributed by atoms with Crippen LogP contribution in [0.3, 0.4) is 0 Å². The Hall–Kier alpha value is -1.62. The van der Waals surface area contributed by atoms with Crippen LogP contribution in [0.2, 0.25) is 0 Å². The van der Waals surface area contributed by atoms with E-state index >= 15 is 0 Å². The first-order chi connectivity index (χ1) is 9.69. The highest BCUT2D eigenvalue weighted by Gasteiger charge is 2.20. The van der Waals surface area contributed by atoms with Gasteiger partial charge in [0, 0.05) is 6.07 Å². The highest BCUT2D eigenvalue weighted by molar-refractivity contribution is 5.93. The van der Waals surface area contributed by atoms with E-state index in [1.807, 2.05) is 6.92 Å². The molecule has 1 aliphatic carbocycles. The normalized spacial score (nSPS) is 14.1. The summed E-state index contributed by atoms with van der Waals surface area (Å²) in [6.45, 7) is 3.61. The topological polar surface area (TPSA) is 50.4 Å². The van der Waals surface area contributed by atoms with Gasteiger partial charge in [0.1, 0.15) is 11.6 Å². The second-order valence-electron chi connectivity index (χ2n) is 5.11. The van der Waals surface area contributed by atoms with Crippen molar-refractivity contribution in [3.05, 3.63) is 24.0 Å². The first kappa shape index (κ1) is 14.8. The molecule has 0 heterocycles. The van der Waals surface area contributed by atoms with Gasteiger partial charge in [-0.2, -0.15) is 0 Å². The average molecular weight is 280 g/mol. The first-order valence-corrected chi connectivity index (χ1v) is 7.12. The Balaban J connectivity index is 1.87. The summed E-state index contributed by atoms with van der Waals surface area (Å²) < 4.78 is 18.7. The van der Waals surface area contributed by atoms with Gasteiger partial charge in [0.05, 0.1) is 18.8 Å². The highest BCUT2D eigenvalue weighted by atomic mass is 19.1. The number of anilines is 1. The van der Waals surface area contributed by atoms with Crippen molar-refractivity contribution in [1.29, 1.82) is 0 Å². The summed E-state index contributed by atoms with van der Waals surface area (Å²) in [7, 11) is 0. The monoisotopic (exact) mass is 280 g/mol. The lowest BCUT2D eigenvalue weighted by atomic mass is 10.2. The number of benzene rings is 1. The smallest absolute Gasteiger partial charge is 0.238 e. The Labute approximate surface area is 118 Å². The van der Waals surface area contributed by atoms with E-state index in [9.17, 15) is 9.18 Å². The van der Waals surface area contributed by atoms with Crippen LogP contribution in [0.25, 0.3) is 0 Å². The maximum Gasteiger partial charge on any atom is 0.238 e. The van der Waals surface area contributed by atoms with Gasteiger partial charge in [0.2, 0.25) is 5.91 Å². The lowest BCUT2D eigenvalue weighted by Gasteiger charge is -2.12. The lowest BCUT2D eigenvalue weighted by molar-refractivity contribution is -0.115. The first-order valence-electron chi connectivity index (χ1n) is 7.12. The third-order valence-electron chi connectivity index (χ3n) is 3.09. The fraction of sp³-hybridized carbons (Fsp3) is 0.533. The van der Waals surface area contributed by atoms with Gasteiger partial charge in [-0.1, -0.05) is 6.92 Å². The van der Waals surface area contributed by atoms with Crippen molar-refractivity contribution in [3.8, 4) is 5.75 Å². The van der Waals surface area contributed by atoms with Crippen LogP contribution in [0, 0.1) is 11.7 Å². The Morgan fingerprint density at radius 1 is 1.45 bits per heavy atom. The van der Waals surface area contributed by atoms with Crippen molar-refractivity contribution < 1.29 is 13.9 Å². The molecule has 0 spiro atoms. The van der Waals surface area contributed by atoms with Crippen LogP contribution in [-0.2, 0) is 4.79 Å². The molecule has 1 fully saturated rings. The standard InChI is InChI=1S/C15H21FN2O2/c1-2-7-20-14-8-12(16)5-6-13(14)18-15(19)10-17-9-11-3-4-11/h5-6,8,11,17H,2-4,7,9-10H2,1H3,(H,18,19). The molecule has 0 radical (unpaired) electrons. The second kappa shape index (κ2) is 7.24. The third kappa shape index (κ3) is 4.81. The second-order valence-corrected chi connectivity index (χ2v) is 5.11. The van der Waals surface area contributed by atoms with Crippen molar-refractivity contribution in [3.63, 3.8) is 0 Å². The third-order valence-corrected chi connectivity index (χ3v) is 3.09. The fourth-order valence-electron chi connectivity index (χ4n) is 1.84. The zero-order valence-corrected chi connectivity index (χ0v) is 11.7. The molecule has 0 saturated heterocycles. The van der Waals surface area contributed by atoms with Crippen molar-refractivity contribution in [1.82, 2.24) is 5.32 Å². The number of amides is 1. The summed E-state index contributed by atoms with van der Waals surface area (Å²) in [5.41, 5.74) is 0.512. The largest absolute Gasteiger partial charge is 0.491 e. The number of hydrogen-bond acceptors (Lipinski definition) is 3. The molecule has 4 nitrogen and oxygen atoms in total. The summed E-state index contributed by atoms with van der Waals surface area (Å²) in [5.74, 6) is 0.596. The number of halogens is 1. The fourth-order valence-corrected chi connectivity index (χ4v) is 1.84. The van der Waals surface area contributed by atoms with Crippen LogP contribution in [0.4, 0.5) is 10.1 Å². The van der Waals surface area contributed by atoms with Crippen LogP contribution in [0.5, 0.6) is 5.75 Å². The van der Waals surface area contributed by atoms with Crippen molar-refractivity contribution >= 4 is 11.6 Å². The molecular formula is C15H21FN2O2. The summed E-state index contributed by atoms with van der Waals surface area (Å²) in [4.78, 5) is 11.8. The molecule has 1 amide bonds. The van der Waals surface area contributed by atoms with Crippen molar-refractivity contribution in [2.24, 2.45) is 5.92 Å². The molecule has 0 bridgehead atoms. The quantitative estimate of drug-likeness (QED) is 0.769. The van der Waals surface area contributed by atoms with Crippen molar-refractivity contribution in [2.75, 3.05) is 25.0 Å². The molecule has 1 aliphatic rings. The molecule has 5 heteroatoms. The molecule has 1 aromatic carbocycles. The number of ether oxygens (including phenoxy) is 1. The molecule has 110 valence electrons. The SMILES string of the molecule is CCCOc1cc(F)ccc1NC(=O)CNCC1CC1. The number of nitrogens with one attached hydrogen (secondary N) is 2. The Kier molecular flexibility index (Phi) is 5.35. The minimum absolute atomic E-state index is 0.140. The van der Waals surface area contributed by atoms with Crippen molar-refractivity contribution in [2.45, 2.75) is 26.2 Å². The van der Waals surface area contributed by atoms with E-state index in [2.05, 4.69) is 10.6 Å². The van der Waals surface area contributed by atoms with E-state index in [0.29, 0.717) is 18.0 Å². The minimum atomic E-state index is -0.374. The van der Waals surface area contributed by atoms with E-state index in [0.717, 1.165) is 18.9 Å². The van der Waals surface area contributed by atoms with Gasteiger partial charge in [0.15, 0.2) is 0 Å². The molecule has 1 saturated carbocycles. The van der Waals surface area contributed by atoms with Crippen LogP contribution in [0.15, 0.2) is 18.2 Å². The minimum Gasteiger partial charge on any atom is -0.491 e. The van der Waals surface area contributed by atoms with Gasteiger partial charge in [-0.25, -0.2) is 4.39 Å².